The second-order valence-electron chi connectivity index (χ2n) is 5.30. The smallest absolute Gasteiger partial charge is 0.295 e. The van der Waals surface area contributed by atoms with Crippen molar-refractivity contribution in [2.75, 3.05) is 19.6 Å². The fraction of sp³-hybridized carbons (Fsp3) is 0.750. The van der Waals surface area contributed by atoms with Crippen molar-refractivity contribution in [3.63, 3.8) is 0 Å². The van der Waals surface area contributed by atoms with Gasteiger partial charge in [0.05, 0.1) is 5.69 Å². The van der Waals surface area contributed by atoms with Crippen LogP contribution in [0.2, 0.25) is 0 Å². The molecule has 4 nitrogen and oxygen atoms in total. The van der Waals surface area contributed by atoms with E-state index in [1.807, 2.05) is 11.5 Å². The van der Waals surface area contributed by atoms with Crippen LogP contribution in [0.4, 0.5) is 0 Å². The lowest BCUT2D eigenvalue weighted by Gasteiger charge is -2.45. The van der Waals surface area contributed by atoms with Crippen molar-refractivity contribution in [2.24, 2.45) is 11.8 Å². The predicted octanol–water partition coefficient (Wildman–Crippen LogP) is 2.00. The molecule has 3 saturated heterocycles. The first-order valence-corrected chi connectivity index (χ1v) is 7.08. The number of hydrogen-bond donors (Lipinski definition) is 1. The first-order chi connectivity index (χ1) is 8.15. The SMILES string of the molecule is Cc1c(Br)nc(O)n1CC1CN2CCC1CC2. The Kier molecular flexibility index (Phi) is 2.91. The molecule has 0 saturated carbocycles. The Labute approximate surface area is 110 Å². The summed E-state index contributed by atoms with van der Waals surface area (Å²) in [5, 5.41) is 9.82. The summed E-state index contributed by atoms with van der Waals surface area (Å²) in [5.74, 6) is 1.50. The Morgan fingerprint density at radius 1 is 1.41 bits per heavy atom. The summed E-state index contributed by atoms with van der Waals surface area (Å²) in [6.45, 7) is 6.61. The molecule has 3 aliphatic rings. The highest BCUT2D eigenvalue weighted by atomic mass is 79.9. The number of aromatic hydroxyl groups is 1. The quantitative estimate of drug-likeness (QED) is 0.908. The predicted molar refractivity (Wildman–Crippen MR) is 69.0 cm³/mol. The van der Waals surface area contributed by atoms with Gasteiger partial charge in [0, 0.05) is 13.1 Å². The van der Waals surface area contributed by atoms with Crippen LogP contribution >= 0.6 is 15.9 Å². The number of imidazole rings is 1. The molecule has 0 aromatic carbocycles. The summed E-state index contributed by atoms with van der Waals surface area (Å²) >= 11 is 3.37. The number of fused-ring (bicyclic) bond motifs is 3. The van der Waals surface area contributed by atoms with Gasteiger partial charge in [-0.1, -0.05) is 0 Å². The molecular formula is C12H18BrN3O. The normalized spacial score (nSPS) is 32.0. The van der Waals surface area contributed by atoms with E-state index in [4.69, 9.17) is 0 Å². The first kappa shape index (κ1) is 11.5. The highest BCUT2D eigenvalue weighted by Crippen LogP contribution is 2.34. The maximum atomic E-state index is 9.82. The van der Waals surface area contributed by atoms with E-state index >= 15 is 0 Å². The van der Waals surface area contributed by atoms with E-state index in [0.717, 1.165) is 22.8 Å². The second-order valence-corrected chi connectivity index (χ2v) is 6.05. The van der Waals surface area contributed by atoms with Crippen molar-refractivity contribution in [2.45, 2.75) is 26.3 Å². The summed E-state index contributed by atoms with van der Waals surface area (Å²) in [5.41, 5.74) is 1.03. The Morgan fingerprint density at radius 3 is 2.59 bits per heavy atom. The third-order valence-corrected chi connectivity index (χ3v) is 5.10. The van der Waals surface area contributed by atoms with Gasteiger partial charge in [0.15, 0.2) is 0 Å². The van der Waals surface area contributed by atoms with E-state index in [2.05, 4.69) is 25.8 Å². The van der Waals surface area contributed by atoms with Crippen molar-refractivity contribution in [1.29, 1.82) is 0 Å². The molecular weight excluding hydrogens is 282 g/mol. The fourth-order valence-electron chi connectivity index (χ4n) is 3.24. The third kappa shape index (κ3) is 1.99. The largest absolute Gasteiger partial charge is 0.480 e. The van der Waals surface area contributed by atoms with Gasteiger partial charge in [0.2, 0.25) is 0 Å². The van der Waals surface area contributed by atoms with E-state index in [9.17, 15) is 5.11 Å². The average Bonchev–Trinajstić information content (AvgIpc) is 2.58. The lowest BCUT2D eigenvalue weighted by Crippen LogP contribution is -2.48. The van der Waals surface area contributed by atoms with E-state index in [1.165, 1.54) is 32.5 Å². The van der Waals surface area contributed by atoms with Gasteiger partial charge in [0.25, 0.3) is 6.01 Å². The highest BCUT2D eigenvalue weighted by Gasteiger charge is 2.34. The van der Waals surface area contributed by atoms with Gasteiger partial charge in [-0.3, -0.25) is 4.57 Å². The number of hydrogen-bond acceptors (Lipinski definition) is 3. The van der Waals surface area contributed by atoms with Crippen LogP contribution < -0.4 is 0 Å². The zero-order valence-electron chi connectivity index (χ0n) is 10.1. The maximum absolute atomic E-state index is 9.82. The van der Waals surface area contributed by atoms with Gasteiger partial charge in [-0.05, 0) is 60.6 Å². The van der Waals surface area contributed by atoms with Gasteiger partial charge in [-0.15, -0.1) is 0 Å². The van der Waals surface area contributed by atoms with Crippen LogP contribution in [-0.2, 0) is 6.54 Å². The van der Waals surface area contributed by atoms with E-state index in [0.29, 0.717) is 5.92 Å². The monoisotopic (exact) mass is 299 g/mol. The highest BCUT2D eigenvalue weighted by molar-refractivity contribution is 9.10. The summed E-state index contributed by atoms with van der Waals surface area (Å²) in [6.07, 6.45) is 2.64. The van der Waals surface area contributed by atoms with Crippen molar-refractivity contribution in [1.82, 2.24) is 14.5 Å². The number of halogens is 1. The fourth-order valence-corrected chi connectivity index (χ4v) is 3.61. The average molecular weight is 300 g/mol. The molecule has 3 fully saturated rings. The van der Waals surface area contributed by atoms with Crippen LogP contribution in [-0.4, -0.2) is 39.2 Å². The Hall–Kier alpha value is -0.550. The second kappa shape index (κ2) is 4.28. The van der Waals surface area contributed by atoms with Crippen molar-refractivity contribution in [3.05, 3.63) is 10.3 Å². The third-order valence-electron chi connectivity index (χ3n) is 4.35. The zero-order valence-corrected chi connectivity index (χ0v) is 11.7. The van der Waals surface area contributed by atoms with Crippen LogP contribution in [0, 0.1) is 18.8 Å². The van der Waals surface area contributed by atoms with Gasteiger partial charge < -0.3 is 10.0 Å². The van der Waals surface area contributed by atoms with Crippen LogP contribution in [0.3, 0.4) is 0 Å². The summed E-state index contributed by atoms with van der Waals surface area (Å²) in [7, 11) is 0. The van der Waals surface area contributed by atoms with Crippen molar-refractivity contribution in [3.8, 4) is 6.01 Å². The Morgan fingerprint density at radius 2 is 2.12 bits per heavy atom. The first-order valence-electron chi connectivity index (χ1n) is 6.29. The van der Waals surface area contributed by atoms with E-state index in [1.54, 1.807) is 0 Å². The van der Waals surface area contributed by atoms with Crippen LogP contribution in [0.5, 0.6) is 6.01 Å². The molecule has 3 aliphatic heterocycles. The molecule has 1 aromatic heterocycles. The molecule has 5 heteroatoms. The van der Waals surface area contributed by atoms with Crippen LogP contribution in [0.25, 0.3) is 0 Å². The number of rotatable bonds is 2. The Balaban J connectivity index is 1.78. The molecule has 4 rings (SSSR count). The van der Waals surface area contributed by atoms with Crippen molar-refractivity contribution >= 4 is 15.9 Å². The number of piperidine rings is 3. The molecule has 0 amide bonds. The molecule has 2 bridgehead atoms. The lowest BCUT2D eigenvalue weighted by atomic mass is 9.79. The molecule has 0 radical (unpaired) electrons. The summed E-state index contributed by atoms with van der Waals surface area (Å²) < 4.78 is 2.70. The summed E-state index contributed by atoms with van der Waals surface area (Å²) in [4.78, 5) is 6.60. The lowest BCUT2D eigenvalue weighted by molar-refractivity contribution is 0.0409. The maximum Gasteiger partial charge on any atom is 0.295 e. The molecule has 1 N–H and O–H groups in total. The minimum Gasteiger partial charge on any atom is -0.480 e. The van der Waals surface area contributed by atoms with Gasteiger partial charge in [-0.25, -0.2) is 0 Å². The molecule has 1 unspecified atom stereocenters. The summed E-state index contributed by atoms with van der Waals surface area (Å²) in [6, 6.07) is 0.144. The molecule has 4 heterocycles. The number of aromatic nitrogens is 2. The van der Waals surface area contributed by atoms with Gasteiger partial charge in [0.1, 0.15) is 4.60 Å². The molecule has 94 valence electrons. The molecule has 17 heavy (non-hydrogen) atoms. The topological polar surface area (TPSA) is 41.3 Å². The molecule has 1 aromatic rings. The minimum absolute atomic E-state index is 0.144. The standard InChI is InChI=1S/C12H18BrN3O/c1-8-11(13)14-12(17)16(8)7-10-6-15-4-2-9(10)3-5-15/h9-10H,2-7H2,1H3,(H,14,17). The van der Waals surface area contributed by atoms with Gasteiger partial charge >= 0.3 is 0 Å². The van der Waals surface area contributed by atoms with Crippen LogP contribution in [0.15, 0.2) is 4.60 Å². The van der Waals surface area contributed by atoms with Crippen molar-refractivity contribution < 1.29 is 5.11 Å². The Bertz CT molecular complexity index is 424. The minimum atomic E-state index is 0.144. The zero-order chi connectivity index (χ0) is 12.0. The molecule has 0 aliphatic carbocycles. The van der Waals surface area contributed by atoms with E-state index < -0.39 is 0 Å². The number of nitrogens with zero attached hydrogens (tertiary/aromatic N) is 3. The molecule has 1 atom stereocenters. The van der Waals surface area contributed by atoms with E-state index in [-0.39, 0.29) is 6.01 Å². The van der Waals surface area contributed by atoms with Crippen LogP contribution in [0.1, 0.15) is 18.5 Å². The van der Waals surface area contributed by atoms with Gasteiger partial charge in [-0.2, -0.15) is 4.98 Å². The molecule has 0 spiro atoms.